The van der Waals surface area contributed by atoms with Gasteiger partial charge in [-0.15, -0.1) is 0 Å². The summed E-state index contributed by atoms with van der Waals surface area (Å²) in [7, 11) is 0. The van der Waals surface area contributed by atoms with E-state index in [9.17, 15) is 0 Å². The highest BCUT2D eigenvalue weighted by atomic mass is 35.5. The van der Waals surface area contributed by atoms with Crippen molar-refractivity contribution in [3.05, 3.63) is 0 Å². The largest absolute Gasteiger partial charge is 0.366 e. The van der Waals surface area contributed by atoms with E-state index in [-0.39, 0.29) is 0 Å². The minimum absolute atomic E-state index is 0.508. The van der Waals surface area contributed by atoms with E-state index in [0.29, 0.717) is 6.61 Å². The summed E-state index contributed by atoms with van der Waals surface area (Å²) in [6.45, 7) is 2.54. The summed E-state index contributed by atoms with van der Waals surface area (Å²) in [5, 5.41) is 8.87. The highest BCUT2D eigenvalue weighted by molar-refractivity contribution is 6.44. The first kappa shape index (κ1) is 10.5. The number of hydrogen-bond acceptors (Lipinski definition) is 2. The van der Waals surface area contributed by atoms with E-state index >= 15 is 0 Å². The molecular formula is C6H12Cl2O2. The van der Waals surface area contributed by atoms with Crippen LogP contribution < -0.4 is 0 Å². The van der Waals surface area contributed by atoms with E-state index in [1.165, 1.54) is 0 Å². The van der Waals surface area contributed by atoms with Crippen molar-refractivity contribution in [2.75, 3.05) is 6.61 Å². The van der Waals surface area contributed by atoms with Gasteiger partial charge in [-0.25, -0.2) is 0 Å². The molecule has 0 aliphatic carbocycles. The highest BCUT2D eigenvalue weighted by Gasteiger charge is 2.12. The standard InChI is InChI=1S/C6H12Cl2O2/c1-2-3-4-10-6(9)5(7)8/h5-6,9H,2-4H2,1H3. The van der Waals surface area contributed by atoms with Gasteiger partial charge in [0.15, 0.2) is 11.1 Å². The summed E-state index contributed by atoms with van der Waals surface area (Å²) < 4.78 is 4.84. The zero-order valence-electron chi connectivity index (χ0n) is 5.89. The maximum atomic E-state index is 8.87. The van der Waals surface area contributed by atoms with Crippen LogP contribution >= 0.6 is 23.2 Å². The molecule has 0 heterocycles. The molecule has 0 saturated carbocycles. The second-order valence-electron chi connectivity index (χ2n) is 1.95. The molecule has 4 heteroatoms. The monoisotopic (exact) mass is 186 g/mol. The van der Waals surface area contributed by atoms with Crippen molar-refractivity contribution < 1.29 is 9.84 Å². The summed E-state index contributed by atoms with van der Waals surface area (Å²) in [5.41, 5.74) is 0. The van der Waals surface area contributed by atoms with E-state index in [1.807, 2.05) is 6.92 Å². The van der Waals surface area contributed by atoms with Gasteiger partial charge in [0.25, 0.3) is 0 Å². The molecule has 0 saturated heterocycles. The summed E-state index contributed by atoms with van der Waals surface area (Å²) >= 11 is 10.6. The first-order chi connectivity index (χ1) is 4.68. The second kappa shape index (κ2) is 6.23. The zero-order valence-corrected chi connectivity index (χ0v) is 7.40. The molecule has 0 amide bonds. The fraction of sp³-hybridized carbons (Fsp3) is 1.00. The third-order valence-electron chi connectivity index (χ3n) is 1.00. The molecule has 0 aromatic rings. The number of alkyl halides is 2. The number of rotatable bonds is 5. The van der Waals surface area contributed by atoms with Gasteiger partial charge in [0, 0.05) is 6.61 Å². The first-order valence-corrected chi connectivity index (χ1v) is 4.13. The lowest BCUT2D eigenvalue weighted by Crippen LogP contribution is -2.20. The average molecular weight is 187 g/mol. The third-order valence-corrected chi connectivity index (χ3v) is 1.43. The number of aliphatic hydroxyl groups is 1. The Kier molecular flexibility index (Phi) is 6.54. The quantitative estimate of drug-likeness (QED) is 0.404. The van der Waals surface area contributed by atoms with Crippen molar-refractivity contribution in [2.24, 2.45) is 0 Å². The van der Waals surface area contributed by atoms with Gasteiger partial charge < -0.3 is 9.84 Å². The predicted molar refractivity (Wildman–Crippen MR) is 42.4 cm³/mol. The molecular weight excluding hydrogens is 175 g/mol. The van der Waals surface area contributed by atoms with E-state index in [4.69, 9.17) is 33.0 Å². The Morgan fingerprint density at radius 1 is 1.50 bits per heavy atom. The van der Waals surface area contributed by atoms with Crippen LogP contribution in [0.25, 0.3) is 0 Å². The van der Waals surface area contributed by atoms with Crippen LogP contribution in [0, 0.1) is 0 Å². The summed E-state index contributed by atoms with van der Waals surface area (Å²) in [6.07, 6.45) is 0.898. The van der Waals surface area contributed by atoms with Crippen LogP contribution in [0.4, 0.5) is 0 Å². The van der Waals surface area contributed by atoms with E-state index < -0.39 is 11.1 Å². The Morgan fingerprint density at radius 2 is 2.10 bits per heavy atom. The number of hydrogen-bond donors (Lipinski definition) is 1. The van der Waals surface area contributed by atoms with Gasteiger partial charge >= 0.3 is 0 Å². The van der Waals surface area contributed by atoms with Gasteiger partial charge in [0.2, 0.25) is 0 Å². The van der Waals surface area contributed by atoms with Gasteiger partial charge in [-0.1, -0.05) is 36.5 Å². The molecule has 0 spiro atoms. The van der Waals surface area contributed by atoms with Crippen LogP contribution in [0.15, 0.2) is 0 Å². The molecule has 10 heavy (non-hydrogen) atoms. The smallest absolute Gasteiger partial charge is 0.185 e. The molecule has 0 rings (SSSR count). The normalized spacial score (nSPS) is 14.1. The molecule has 0 bridgehead atoms. The molecule has 0 aliphatic heterocycles. The lowest BCUT2D eigenvalue weighted by atomic mass is 10.4. The Morgan fingerprint density at radius 3 is 2.50 bits per heavy atom. The highest BCUT2D eigenvalue weighted by Crippen LogP contribution is 2.08. The van der Waals surface area contributed by atoms with Gasteiger partial charge in [-0.2, -0.15) is 0 Å². The van der Waals surface area contributed by atoms with Gasteiger partial charge in [-0.05, 0) is 6.42 Å². The topological polar surface area (TPSA) is 29.5 Å². The second-order valence-corrected chi connectivity index (χ2v) is 3.11. The SMILES string of the molecule is CCCCOC(O)C(Cl)Cl. The van der Waals surface area contributed by atoms with Crippen LogP contribution in [-0.4, -0.2) is 22.8 Å². The van der Waals surface area contributed by atoms with Crippen LogP contribution in [0.5, 0.6) is 0 Å². The molecule has 0 aromatic carbocycles. The van der Waals surface area contributed by atoms with Crippen molar-refractivity contribution in [3.8, 4) is 0 Å². The van der Waals surface area contributed by atoms with Crippen molar-refractivity contribution in [1.29, 1.82) is 0 Å². The Labute approximate surface area is 71.1 Å². The van der Waals surface area contributed by atoms with Gasteiger partial charge in [-0.3, -0.25) is 0 Å². The third kappa shape index (κ3) is 5.30. The maximum absolute atomic E-state index is 8.87. The molecule has 1 atom stereocenters. The van der Waals surface area contributed by atoms with E-state index in [0.717, 1.165) is 12.8 Å². The maximum Gasteiger partial charge on any atom is 0.185 e. The van der Waals surface area contributed by atoms with Gasteiger partial charge in [0.1, 0.15) is 0 Å². The summed E-state index contributed by atoms with van der Waals surface area (Å²) in [5.74, 6) is 0. The van der Waals surface area contributed by atoms with Crippen molar-refractivity contribution >= 4 is 23.2 Å². The minimum Gasteiger partial charge on any atom is -0.366 e. The van der Waals surface area contributed by atoms with Gasteiger partial charge in [0.05, 0.1) is 0 Å². The molecule has 0 aliphatic rings. The molecule has 0 aromatic heterocycles. The number of aliphatic hydroxyl groups excluding tert-OH is 1. The molecule has 0 radical (unpaired) electrons. The molecule has 1 unspecified atom stereocenters. The fourth-order valence-electron chi connectivity index (χ4n) is 0.421. The molecule has 0 fully saturated rings. The van der Waals surface area contributed by atoms with Crippen molar-refractivity contribution in [3.63, 3.8) is 0 Å². The van der Waals surface area contributed by atoms with E-state index in [1.54, 1.807) is 0 Å². The Bertz CT molecular complexity index is 78.1. The fourth-order valence-corrected chi connectivity index (χ4v) is 0.567. The van der Waals surface area contributed by atoms with Crippen LogP contribution in [0.1, 0.15) is 19.8 Å². The molecule has 2 nitrogen and oxygen atoms in total. The average Bonchev–Trinajstić information content (AvgIpc) is 1.88. The summed E-state index contributed by atoms with van der Waals surface area (Å²) in [4.78, 5) is -0.850. The number of ether oxygens (including phenoxy) is 1. The number of halogens is 2. The predicted octanol–water partition coefficient (Wildman–Crippen LogP) is 1.93. The lowest BCUT2D eigenvalue weighted by Gasteiger charge is -2.11. The lowest BCUT2D eigenvalue weighted by molar-refractivity contribution is -0.0894. The summed E-state index contributed by atoms with van der Waals surface area (Å²) in [6, 6.07) is 0. The molecule has 62 valence electrons. The Balaban J connectivity index is 3.13. The van der Waals surface area contributed by atoms with Crippen molar-refractivity contribution in [1.82, 2.24) is 0 Å². The number of unbranched alkanes of at least 4 members (excludes halogenated alkanes) is 1. The zero-order chi connectivity index (χ0) is 7.98. The van der Waals surface area contributed by atoms with E-state index in [2.05, 4.69) is 0 Å². The first-order valence-electron chi connectivity index (χ1n) is 3.26. The van der Waals surface area contributed by atoms with Crippen molar-refractivity contribution in [2.45, 2.75) is 30.9 Å². The minimum atomic E-state index is -1.05. The van der Waals surface area contributed by atoms with Crippen LogP contribution in [0.2, 0.25) is 0 Å². The van der Waals surface area contributed by atoms with Crippen LogP contribution in [0.3, 0.4) is 0 Å². The molecule has 1 N–H and O–H groups in total. The van der Waals surface area contributed by atoms with Crippen LogP contribution in [-0.2, 0) is 4.74 Å². The Hall–Kier alpha value is 0.500.